The van der Waals surface area contributed by atoms with E-state index in [1.807, 2.05) is 12.1 Å². The molecule has 6 aromatic carbocycles. The van der Waals surface area contributed by atoms with Gasteiger partial charge in [0.15, 0.2) is 8.56 Å². The molecule has 42 heavy (non-hydrogen) atoms. The lowest BCUT2D eigenvalue weighted by atomic mass is 10.3. The van der Waals surface area contributed by atoms with E-state index in [0.29, 0.717) is 16.1 Å². The molecular formula is C37H35O3PSi. The topological polar surface area (TPSA) is 63.5 Å². The Labute approximate surface area is 250 Å². The summed E-state index contributed by atoms with van der Waals surface area (Å²) in [5.74, 6) is 0.293. The van der Waals surface area contributed by atoms with Crippen LogP contribution in [0.15, 0.2) is 176 Å². The summed E-state index contributed by atoms with van der Waals surface area (Å²) < 4.78 is 0. The Morgan fingerprint density at radius 1 is 0.405 bits per heavy atom. The molecule has 0 saturated carbocycles. The van der Waals surface area contributed by atoms with Crippen molar-refractivity contribution in [2.24, 2.45) is 0 Å². The van der Waals surface area contributed by atoms with Crippen LogP contribution in [0.4, 0.5) is 0 Å². The first-order valence-electron chi connectivity index (χ1n) is 13.4. The van der Waals surface area contributed by atoms with Crippen molar-refractivity contribution in [2.45, 2.75) is 7.43 Å². The molecule has 3 nitrogen and oxygen atoms in total. The van der Waals surface area contributed by atoms with E-state index in [1.54, 1.807) is 60.7 Å². The first kappa shape index (κ1) is 30.6. The summed E-state index contributed by atoms with van der Waals surface area (Å²) in [4.78, 5) is 22.2. The van der Waals surface area contributed by atoms with Crippen LogP contribution in [0, 0.1) is 0 Å². The number of hydrogen-bond donors (Lipinski definition) is 2. The molecule has 2 N–H and O–H groups in total. The maximum absolute atomic E-state index is 12.2. The molecule has 0 radical (unpaired) electrons. The number of hydrogen-bond acceptors (Lipinski definition) is 3. The molecule has 0 unspecified atom stereocenters. The number of rotatable bonds is 6. The second kappa shape index (κ2) is 14.0. The SMILES string of the molecule is C.Oc1ccc([P+](c2ccccc2)(c2ccccc2)c2ccccc2)cc1.[O-][Si](O)(c1ccccc1)c1ccccc1. The predicted molar refractivity (Wildman–Crippen MR) is 180 cm³/mol. The fourth-order valence-electron chi connectivity index (χ4n) is 5.02. The highest BCUT2D eigenvalue weighted by molar-refractivity contribution is 8.01. The van der Waals surface area contributed by atoms with E-state index in [9.17, 15) is 14.7 Å². The van der Waals surface area contributed by atoms with Crippen molar-refractivity contribution in [2.75, 3.05) is 0 Å². The van der Waals surface area contributed by atoms with Crippen molar-refractivity contribution in [3.8, 4) is 5.75 Å². The summed E-state index contributed by atoms with van der Waals surface area (Å²) in [5, 5.41) is 16.0. The van der Waals surface area contributed by atoms with Crippen LogP contribution in [0.5, 0.6) is 5.75 Å². The normalized spacial score (nSPS) is 11.0. The van der Waals surface area contributed by atoms with Crippen LogP contribution >= 0.6 is 7.26 Å². The Hall–Kier alpha value is -4.31. The van der Waals surface area contributed by atoms with Gasteiger partial charge in [0.1, 0.15) is 34.2 Å². The molecule has 0 atom stereocenters. The largest absolute Gasteiger partial charge is 0.831 e. The highest BCUT2D eigenvalue weighted by Gasteiger charge is 2.47. The van der Waals surface area contributed by atoms with Gasteiger partial charge in [-0.1, -0.05) is 123 Å². The molecule has 210 valence electrons. The molecule has 0 fully saturated rings. The molecule has 0 aliphatic carbocycles. The van der Waals surface area contributed by atoms with Crippen molar-refractivity contribution in [3.63, 3.8) is 0 Å². The van der Waals surface area contributed by atoms with Gasteiger partial charge >= 0.3 is 0 Å². The number of phenolic OH excluding ortho intramolecular Hbond substituents is 1. The molecule has 0 aliphatic rings. The third-order valence-electron chi connectivity index (χ3n) is 7.00. The van der Waals surface area contributed by atoms with Crippen LogP contribution in [0.1, 0.15) is 7.43 Å². The van der Waals surface area contributed by atoms with E-state index >= 15 is 0 Å². The quantitative estimate of drug-likeness (QED) is 0.227. The molecule has 0 aromatic heterocycles. The maximum Gasteiger partial charge on any atom is 0.158 e. The molecule has 0 heterocycles. The van der Waals surface area contributed by atoms with Gasteiger partial charge in [-0.2, -0.15) is 0 Å². The van der Waals surface area contributed by atoms with Crippen LogP contribution in [0.2, 0.25) is 0 Å². The molecule has 0 bridgehead atoms. The molecule has 6 aromatic rings. The zero-order valence-electron chi connectivity index (χ0n) is 22.5. The predicted octanol–water partition coefficient (Wildman–Crippen LogP) is 4.24. The summed E-state index contributed by atoms with van der Waals surface area (Å²) in [6.45, 7) is 0. The van der Waals surface area contributed by atoms with Gasteiger partial charge in [-0.25, -0.2) is 0 Å². The summed E-state index contributed by atoms with van der Waals surface area (Å²) >= 11 is 0. The van der Waals surface area contributed by atoms with Crippen LogP contribution in [-0.2, 0) is 0 Å². The van der Waals surface area contributed by atoms with Gasteiger partial charge in [0.25, 0.3) is 0 Å². The van der Waals surface area contributed by atoms with E-state index in [-0.39, 0.29) is 7.43 Å². The third kappa shape index (κ3) is 6.43. The number of benzene rings is 6. The van der Waals surface area contributed by atoms with Crippen molar-refractivity contribution >= 4 is 47.4 Å². The van der Waals surface area contributed by atoms with Crippen molar-refractivity contribution in [3.05, 3.63) is 176 Å². The van der Waals surface area contributed by atoms with Crippen molar-refractivity contribution < 1.29 is 14.7 Å². The molecule has 0 saturated heterocycles. The van der Waals surface area contributed by atoms with E-state index < -0.39 is 15.8 Å². The van der Waals surface area contributed by atoms with E-state index in [0.717, 1.165) is 0 Å². The highest BCUT2D eigenvalue weighted by Crippen LogP contribution is 2.54. The standard InChI is InChI=1S/C24H19OP.C12H11O2Si.CH4/c25-20-16-18-24(19-17-20)26(21-10-4-1-5-11-21,22-12-6-2-7-13-22)23-14-8-3-9-15-23;13-15(14,11-7-3-1-4-8-11)12-9-5-2-6-10-12;/h1-19H;1-10,13H;1H4/q;-1;/p+1. The van der Waals surface area contributed by atoms with Gasteiger partial charge in [0.2, 0.25) is 0 Å². The molecule has 0 amide bonds. The third-order valence-corrected chi connectivity index (χ3v) is 13.5. The first-order valence-corrected chi connectivity index (χ1v) is 17.1. The molecule has 5 heteroatoms. The molecule has 6 rings (SSSR count). The number of aromatic hydroxyl groups is 1. The van der Waals surface area contributed by atoms with Crippen molar-refractivity contribution in [1.82, 2.24) is 0 Å². The minimum Gasteiger partial charge on any atom is -0.831 e. The Bertz CT molecular complexity index is 1490. The summed E-state index contributed by atoms with van der Waals surface area (Å²) in [5.41, 5.74) is 0. The monoisotopic (exact) mass is 586 g/mol. The van der Waals surface area contributed by atoms with Crippen LogP contribution < -0.4 is 36.4 Å². The Morgan fingerprint density at radius 2 is 0.667 bits per heavy atom. The first-order chi connectivity index (χ1) is 20.0. The summed E-state index contributed by atoms with van der Waals surface area (Å²) in [6.07, 6.45) is 0. The zero-order chi connectivity index (χ0) is 28.5. The summed E-state index contributed by atoms with van der Waals surface area (Å²) in [7, 11) is -5.74. The fourth-order valence-corrected chi connectivity index (χ4v) is 10.9. The van der Waals surface area contributed by atoms with Crippen LogP contribution in [0.25, 0.3) is 0 Å². The Kier molecular flexibility index (Phi) is 10.2. The van der Waals surface area contributed by atoms with Crippen LogP contribution in [-0.4, -0.2) is 18.5 Å². The molecule has 0 spiro atoms. The van der Waals surface area contributed by atoms with E-state index in [2.05, 4.69) is 103 Å². The van der Waals surface area contributed by atoms with E-state index in [1.165, 1.54) is 21.2 Å². The van der Waals surface area contributed by atoms with Gasteiger partial charge in [0.05, 0.1) is 0 Å². The van der Waals surface area contributed by atoms with Crippen LogP contribution in [0.3, 0.4) is 0 Å². The number of phenols is 1. The smallest absolute Gasteiger partial charge is 0.158 e. The second-order valence-corrected chi connectivity index (χ2v) is 15.4. The second-order valence-electron chi connectivity index (χ2n) is 9.57. The lowest BCUT2D eigenvalue weighted by Crippen LogP contribution is -2.69. The highest BCUT2D eigenvalue weighted by atomic mass is 31.2. The van der Waals surface area contributed by atoms with Gasteiger partial charge in [-0.05, 0) is 71.0 Å². The Morgan fingerprint density at radius 3 is 0.976 bits per heavy atom. The average Bonchev–Trinajstić information content (AvgIpc) is 3.05. The Balaban J connectivity index is 0.000000216. The van der Waals surface area contributed by atoms with Gasteiger partial charge in [-0.3, -0.25) is 0 Å². The van der Waals surface area contributed by atoms with Gasteiger partial charge < -0.3 is 14.7 Å². The minimum atomic E-state index is -3.71. The fraction of sp³-hybridized carbons (Fsp3) is 0.0270. The molecular weight excluding hydrogens is 551 g/mol. The lowest BCUT2D eigenvalue weighted by Gasteiger charge is -2.32. The van der Waals surface area contributed by atoms with E-state index in [4.69, 9.17) is 0 Å². The zero-order valence-corrected chi connectivity index (χ0v) is 24.4. The van der Waals surface area contributed by atoms with Crippen molar-refractivity contribution in [1.29, 1.82) is 0 Å². The minimum absolute atomic E-state index is 0. The molecule has 0 aliphatic heterocycles. The average molecular weight is 587 g/mol. The van der Waals surface area contributed by atoms with Gasteiger partial charge in [0, 0.05) is 0 Å². The van der Waals surface area contributed by atoms with Gasteiger partial charge in [-0.15, -0.1) is 0 Å². The lowest BCUT2D eigenvalue weighted by molar-refractivity contribution is -0.222. The summed E-state index contributed by atoms with van der Waals surface area (Å²) in [6, 6.07) is 57.4. The maximum atomic E-state index is 12.2.